The summed E-state index contributed by atoms with van der Waals surface area (Å²) < 4.78 is 80.1. The number of nitrogens with zero attached hydrogens (tertiary/aromatic N) is 2. The van der Waals surface area contributed by atoms with Crippen molar-refractivity contribution in [1.82, 2.24) is 0 Å². The van der Waals surface area contributed by atoms with E-state index >= 15 is 0 Å². The summed E-state index contributed by atoms with van der Waals surface area (Å²) in [6.07, 6.45) is 22.5. The molecule has 1 radical (unpaired) electrons. The van der Waals surface area contributed by atoms with Crippen LogP contribution in [0.2, 0.25) is 0 Å². The van der Waals surface area contributed by atoms with Gasteiger partial charge < -0.3 is 76.5 Å². The van der Waals surface area contributed by atoms with E-state index in [4.69, 9.17) is 66.3 Å². The zero-order valence-electron chi connectivity index (χ0n) is 48.1. The van der Waals surface area contributed by atoms with Crippen molar-refractivity contribution < 1.29 is 96.6 Å². The standard InChI is InChI=1S/C20H32N2O4.2C18H33O6P.Tc/c1-17(2)13(15(23)19(5,6)25-17)11-21-9-10-22-12-14-16(24)20(7,8)26-18(14,3)4;2*1-7-19-16(20-8-1)4-13-25(14-5-17-21-9-2-10-22-17)15-6-18-23-11-3-12-24-18;/h11-12,23-24H,9-10H2,1-8H3;2*16-18H,1-15H2;/i;;;1+1. The van der Waals surface area contributed by atoms with Crippen LogP contribution in [0.25, 0.3) is 0 Å². The van der Waals surface area contributed by atoms with E-state index in [1.165, 1.54) is 37.0 Å². The molecule has 0 N–H and O–H groups in total. The van der Waals surface area contributed by atoms with Gasteiger partial charge in [-0.05, 0) is 105 Å². The van der Waals surface area contributed by atoms with Crippen LogP contribution in [0, 0.1) is 0 Å². The van der Waals surface area contributed by atoms with Crippen molar-refractivity contribution in [3.8, 4) is 0 Å². The van der Waals surface area contributed by atoms with Crippen LogP contribution in [-0.2, 0) is 86.4 Å². The van der Waals surface area contributed by atoms with E-state index in [-0.39, 0.29) is 69.4 Å². The first-order valence-corrected chi connectivity index (χ1v) is 33.1. The van der Waals surface area contributed by atoms with Crippen LogP contribution in [0.5, 0.6) is 0 Å². The van der Waals surface area contributed by atoms with E-state index in [9.17, 15) is 10.2 Å². The quantitative estimate of drug-likeness (QED) is 0.0584. The molecule has 0 aromatic heterocycles. The maximum atomic E-state index is 12.4. The fraction of sp³-hybridized carbons (Fsp3) is 0.893. The molecule has 0 spiro atoms. The number of ether oxygens (including phenoxy) is 14. The molecule has 21 heteroatoms. The Hall–Kier alpha value is -0.631. The third-order valence-electron chi connectivity index (χ3n) is 14.5. The van der Waals surface area contributed by atoms with Gasteiger partial charge in [-0.3, -0.25) is 9.98 Å². The normalized spacial score (nSPS) is 25.1. The Labute approximate surface area is 477 Å². The van der Waals surface area contributed by atoms with E-state index < -0.39 is 38.2 Å². The molecule has 18 nitrogen and oxygen atoms in total. The summed E-state index contributed by atoms with van der Waals surface area (Å²) in [4.78, 5) is 8.62. The van der Waals surface area contributed by atoms with Crippen molar-refractivity contribution in [3.05, 3.63) is 22.7 Å². The molecule has 0 amide bonds. The van der Waals surface area contributed by atoms with Crippen LogP contribution in [0.3, 0.4) is 0 Å². The van der Waals surface area contributed by atoms with Gasteiger partial charge in [0.2, 0.25) is 0 Å². The van der Waals surface area contributed by atoms with Crippen molar-refractivity contribution >= 4 is 28.3 Å². The molecule has 8 aliphatic rings. The molecular weight excluding hydrogens is 1120 g/mol. The summed E-state index contributed by atoms with van der Waals surface area (Å²) in [6.45, 7) is 25.4. The first-order chi connectivity index (χ1) is 36.5. The van der Waals surface area contributed by atoms with Gasteiger partial charge in [-0.1, -0.05) is 11.5 Å². The Bertz CT molecular complexity index is 1540. The first-order valence-electron chi connectivity index (χ1n) is 28.8. The van der Waals surface area contributed by atoms with Crippen molar-refractivity contribution in [2.24, 2.45) is 9.98 Å². The monoisotopic (exact) mass is 1220 g/mol. The molecule has 0 bridgehead atoms. The van der Waals surface area contributed by atoms with Gasteiger partial charge in [-0.15, -0.1) is 0 Å². The van der Waals surface area contributed by atoms with Crippen LogP contribution in [-0.4, -0.2) is 202 Å². The fourth-order valence-electron chi connectivity index (χ4n) is 10.4. The van der Waals surface area contributed by atoms with Crippen molar-refractivity contribution in [1.29, 1.82) is 0 Å². The van der Waals surface area contributed by atoms with E-state index in [2.05, 4.69) is 9.98 Å². The number of rotatable bonds is 23. The molecule has 6 fully saturated rings. The van der Waals surface area contributed by atoms with Crippen LogP contribution in [0.15, 0.2) is 32.6 Å². The molecule has 77 heavy (non-hydrogen) atoms. The van der Waals surface area contributed by atoms with Gasteiger partial charge in [-0.2, -0.15) is 0 Å². The Kier molecular flexibility index (Phi) is 30.4. The van der Waals surface area contributed by atoms with Gasteiger partial charge >= 0.3 is 0 Å². The maximum Gasteiger partial charge on any atom is 0.161 e. The minimum atomic E-state index is -0.819. The Morgan fingerprint density at radius 3 is 0.727 bits per heavy atom. The zero-order chi connectivity index (χ0) is 54.3. The fourth-order valence-corrected chi connectivity index (χ4v) is 15.8. The second-order valence-electron chi connectivity index (χ2n) is 22.7. The van der Waals surface area contributed by atoms with Gasteiger partial charge in [0.15, 0.2) is 37.7 Å². The molecule has 0 saturated carbocycles. The van der Waals surface area contributed by atoms with E-state index in [0.29, 0.717) is 24.2 Å². The topological polar surface area (TPSA) is 200 Å². The molecule has 0 unspecified atom stereocenters. The molecule has 445 valence electrons. The average molecular weight is 1220 g/mol. The minimum Gasteiger partial charge on any atom is -0.873 e. The molecule has 0 aliphatic carbocycles. The smallest absolute Gasteiger partial charge is 0.161 e. The van der Waals surface area contributed by atoms with Crippen molar-refractivity contribution in [2.75, 3.05) is 129 Å². The van der Waals surface area contributed by atoms with Crippen LogP contribution in [0.4, 0.5) is 0 Å². The largest absolute Gasteiger partial charge is 0.873 e. The summed E-state index contributed by atoms with van der Waals surface area (Å²) >= 11 is 0. The molecule has 6 saturated heterocycles. The Morgan fingerprint density at radius 2 is 0.558 bits per heavy atom. The second kappa shape index (κ2) is 34.8. The third-order valence-corrected chi connectivity index (χ3v) is 20.5. The first kappa shape index (κ1) is 67.2. The molecule has 0 atom stereocenters. The summed E-state index contributed by atoms with van der Waals surface area (Å²) in [5.41, 5.74) is -1.79. The van der Waals surface area contributed by atoms with Gasteiger partial charge in [-0.25, -0.2) is 0 Å². The van der Waals surface area contributed by atoms with Crippen LogP contribution < -0.4 is 10.2 Å². The van der Waals surface area contributed by atoms with Crippen molar-refractivity contribution in [3.63, 3.8) is 0 Å². The third kappa shape index (κ3) is 23.9. The van der Waals surface area contributed by atoms with Gasteiger partial charge in [0, 0.05) is 86.9 Å². The van der Waals surface area contributed by atoms with Crippen molar-refractivity contribution in [2.45, 2.75) is 193 Å². The summed E-state index contributed by atoms with van der Waals surface area (Å²) in [5, 5.41) is 24.7. The summed E-state index contributed by atoms with van der Waals surface area (Å²) in [6, 6.07) is 0. The van der Waals surface area contributed by atoms with Crippen LogP contribution >= 0.6 is 15.8 Å². The zero-order valence-corrected chi connectivity index (χ0v) is 51.9. The number of hydrogen-bond acceptors (Lipinski definition) is 18. The Morgan fingerprint density at radius 1 is 0.364 bits per heavy atom. The molecule has 0 aromatic carbocycles. The molecular formula is C56H98N2O16P2Tc. The van der Waals surface area contributed by atoms with Gasteiger partial charge in [0.1, 0.15) is 0 Å². The predicted molar refractivity (Wildman–Crippen MR) is 295 cm³/mol. The van der Waals surface area contributed by atoms with E-state index in [0.717, 1.165) is 156 Å². The average Bonchev–Trinajstić information content (AvgIpc) is 3.73. The second-order valence-corrected chi connectivity index (χ2v) is 28.7. The number of hydrogen-bond donors (Lipinski definition) is 0. The SMILES string of the molecule is C1COC(CC[PH+](CCC2OCCCO2)CCC2OCCCO2)OC1.C1COC(CC[PH+](CCC2OCCCO2)CCC2OCCCO2)OC1.CC1(C)OC(C)(C)C(C=NCCN=CC2=C([O-])C(C)(C)OC2(C)C)=C1[O-].[99Tc]. The molecule has 8 aliphatic heterocycles. The van der Waals surface area contributed by atoms with Crippen LogP contribution in [0.1, 0.15) is 132 Å². The van der Waals surface area contributed by atoms with E-state index in [1.54, 1.807) is 40.1 Å². The van der Waals surface area contributed by atoms with Gasteiger partial charge in [0.05, 0.1) is 152 Å². The molecule has 8 heterocycles. The predicted octanol–water partition coefficient (Wildman–Crippen LogP) is 6.85. The van der Waals surface area contributed by atoms with E-state index in [1.807, 2.05) is 27.7 Å². The summed E-state index contributed by atoms with van der Waals surface area (Å²) in [5.74, 6) is -0.0778. The Balaban J connectivity index is 0.000000212. The maximum absolute atomic E-state index is 12.4. The van der Waals surface area contributed by atoms with Gasteiger partial charge in [0.25, 0.3) is 0 Å². The molecule has 8 rings (SSSR count). The number of aliphatic imine (C=N–C) groups is 2. The minimum absolute atomic E-state index is 0. The molecule has 0 aromatic rings. The summed E-state index contributed by atoms with van der Waals surface area (Å²) in [7, 11) is -1.04.